The molecule has 0 aliphatic rings. The first-order valence-electron chi connectivity index (χ1n) is 35.6. The Hall–Kier alpha value is -11.2. The fourth-order valence-corrected chi connectivity index (χ4v) is 13.3. The smallest absolute Gasteiger partial charge is 0.248 e. The van der Waals surface area contributed by atoms with Crippen molar-refractivity contribution in [3.05, 3.63) is 293 Å². The Balaban J connectivity index is 0.000000128. The molecule has 15 rings (SSSR count). The average Bonchev–Trinajstić information content (AvgIpc) is 0.795. The van der Waals surface area contributed by atoms with Crippen LogP contribution in [-0.2, 0) is 41.7 Å². The van der Waals surface area contributed by atoms with Crippen molar-refractivity contribution in [3.8, 4) is 56.8 Å². The number of hydrogen-bond donors (Lipinski definition) is 0. The Kier molecular flexibility index (Phi) is 22.6. The van der Waals surface area contributed by atoms with E-state index in [4.69, 9.17) is 19.9 Å². The Labute approximate surface area is 603 Å². The number of nitrogens with zero attached hydrogens (tertiary/aromatic N) is 11. The van der Waals surface area contributed by atoms with Crippen LogP contribution in [0.5, 0.6) is 0 Å². The summed E-state index contributed by atoms with van der Waals surface area (Å²) in [6.07, 6.45) is 13.4. The zero-order chi connectivity index (χ0) is 72.5. The van der Waals surface area contributed by atoms with E-state index in [0.717, 1.165) is 73.9 Å². The van der Waals surface area contributed by atoms with Gasteiger partial charge in [-0.25, -0.2) is 27.8 Å². The minimum absolute atomic E-state index is 0.500. The molecule has 0 radical (unpaired) electrons. The van der Waals surface area contributed by atoms with Gasteiger partial charge in [-0.3, -0.25) is 0 Å². The monoisotopic (exact) mass is 1340 g/mol. The molecule has 512 valence electrons. The van der Waals surface area contributed by atoms with Crippen LogP contribution in [-0.4, -0.2) is 29.9 Å². The first-order valence-corrected chi connectivity index (χ1v) is 35.6. The molecule has 0 saturated carbocycles. The van der Waals surface area contributed by atoms with Gasteiger partial charge in [0.2, 0.25) is 5.52 Å². The second kappa shape index (κ2) is 32.0. The van der Waals surface area contributed by atoms with Crippen molar-refractivity contribution in [3.63, 3.8) is 0 Å². The average molecular weight is 1350 g/mol. The number of pyridine rings is 1. The second-order valence-electron chi connectivity index (χ2n) is 28.2. The van der Waals surface area contributed by atoms with Crippen molar-refractivity contribution in [2.75, 3.05) is 0 Å². The molecule has 0 aliphatic heterocycles. The number of aromatic nitrogens is 11. The van der Waals surface area contributed by atoms with Crippen LogP contribution in [0.1, 0.15) is 109 Å². The molecular formula is C91H98N11+5. The van der Waals surface area contributed by atoms with E-state index in [0.29, 0.717) is 17.8 Å². The zero-order valence-corrected chi connectivity index (χ0v) is 62.9. The van der Waals surface area contributed by atoms with Gasteiger partial charge in [0.15, 0.2) is 33.3 Å². The molecule has 0 N–H and O–H groups in total. The third-order valence-corrected chi connectivity index (χ3v) is 19.0. The highest BCUT2D eigenvalue weighted by Gasteiger charge is 2.24. The van der Waals surface area contributed by atoms with E-state index in [-0.39, 0.29) is 0 Å². The van der Waals surface area contributed by atoms with Crippen LogP contribution in [0.15, 0.2) is 238 Å². The van der Waals surface area contributed by atoms with Gasteiger partial charge in [0.1, 0.15) is 24.8 Å². The predicted octanol–water partition coefficient (Wildman–Crippen LogP) is 18.6. The van der Waals surface area contributed by atoms with Crippen LogP contribution in [0.2, 0.25) is 0 Å². The van der Waals surface area contributed by atoms with Gasteiger partial charge in [0.05, 0.1) is 79.0 Å². The summed E-state index contributed by atoms with van der Waals surface area (Å²) >= 11 is 0. The van der Waals surface area contributed by atoms with Gasteiger partial charge in [-0.05, 0) is 233 Å². The minimum atomic E-state index is 0.500. The molecule has 9 aromatic carbocycles. The maximum absolute atomic E-state index is 4.94. The maximum atomic E-state index is 4.94. The van der Waals surface area contributed by atoms with Crippen LogP contribution in [0.3, 0.4) is 0 Å². The highest BCUT2D eigenvalue weighted by atomic mass is 15.0. The van der Waals surface area contributed by atoms with Crippen molar-refractivity contribution in [2.24, 2.45) is 41.2 Å². The summed E-state index contributed by atoms with van der Waals surface area (Å²) in [6.45, 7) is 28.4. The van der Waals surface area contributed by atoms with E-state index < -0.39 is 0 Å². The Morgan fingerprint density at radius 1 is 0.343 bits per heavy atom. The molecule has 0 unspecified atom stereocenters. The Morgan fingerprint density at radius 2 is 0.794 bits per heavy atom. The third-order valence-electron chi connectivity index (χ3n) is 19.0. The summed E-state index contributed by atoms with van der Waals surface area (Å²) in [5, 5.41) is 4.77. The standard InChI is InChI=1S/C20H23N2.2C19H21N2.C17H18N3.C16H15N2/c1-14(2)11-16-9-10-17-13-22(4)20(21-19(17)12-16)18-8-6-5-7-15(18)3;1-13(2)15-10-7-11-18-17(15)12-21(4)19(20-18)16-9-6-5-8-14(16)3;1-13(2)15-9-10-16-12-21(4)19(20-18(16)11-15)17-8-6-5-7-14(17)3;1-11-8-12(2)13(3)14(9-11)17-16-15(6-5-7-18-16)19-10-20(17)4;1-12-7-3-5-9-14(12)16-17-15-10-6-4-8-13(15)11-18(16)2/h5-10,12-14H,11H2,1-4H3;2*5-13H,1-4H3;5-10H,1-4H3;3-11H,1-2H3/q5*+1. The molecule has 0 atom stereocenters. The molecule has 11 heteroatoms. The Bertz CT molecular complexity index is 5490. The molecule has 0 spiro atoms. The summed E-state index contributed by atoms with van der Waals surface area (Å²) in [7, 11) is 10.3. The molecule has 0 saturated heterocycles. The fourth-order valence-electron chi connectivity index (χ4n) is 13.3. The second-order valence-corrected chi connectivity index (χ2v) is 28.2. The van der Waals surface area contributed by atoms with E-state index >= 15 is 0 Å². The lowest BCUT2D eigenvalue weighted by molar-refractivity contribution is -0.662. The number of rotatable bonds is 9. The minimum Gasteiger partial charge on any atom is -0.248 e. The van der Waals surface area contributed by atoms with Gasteiger partial charge >= 0.3 is 23.3 Å². The number of hydrogen-bond acceptors (Lipinski definition) is 6. The predicted molar refractivity (Wildman–Crippen MR) is 419 cm³/mol. The van der Waals surface area contributed by atoms with Crippen molar-refractivity contribution < 1.29 is 22.8 Å². The number of para-hydroxylation sites is 1. The molecule has 0 fully saturated rings. The van der Waals surface area contributed by atoms with Gasteiger partial charge in [-0.2, -0.15) is 0 Å². The van der Waals surface area contributed by atoms with Crippen LogP contribution in [0.4, 0.5) is 0 Å². The van der Waals surface area contributed by atoms with Gasteiger partial charge in [0.25, 0.3) is 6.33 Å². The first kappa shape index (κ1) is 72.1. The number of benzene rings is 9. The van der Waals surface area contributed by atoms with E-state index in [1.807, 2.05) is 50.9 Å². The fraction of sp³-hybridized carbons (Fsp3) is 0.242. The zero-order valence-electron chi connectivity index (χ0n) is 62.9. The molecule has 11 nitrogen and oxygen atoms in total. The molecule has 0 amide bonds. The van der Waals surface area contributed by atoms with Gasteiger partial charge in [-0.1, -0.05) is 162 Å². The van der Waals surface area contributed by atoms with E-state index in [9.17, 15) is 0 Å². The lowest BCUT2D eigenvalue weighted by Gasteiger charge is -2.11. The maximum Gasteiger partial charge on any atom is 0.331 e. The highest BCUT2D eigenvalue weighted by Crippen LogP contribution is 2.31. The normalized spacial score (nSPS) is 11.1. The van der Waals surface area contributed by atoms with E-state index in [2.05, 4.69) is 345 Å². The molecule has 15 aromatic rings. The number of fused-ring (bicyclic) bond motifs is 5. The van der Waals surface area contributed by atoms with Gasteiger partial charge < -0.3 is 0 Å². The molecule has 0 bridgehead atoms. The van der Waals surface area contributed by atoms with Gasteiger partial charge in [0, 0.05) is 11.8 Å². The molecule has 6 heterocycles. The van der Waals surface area contributed by atoms with Crippen molar-refractivity contribution in [2.45, 2.75) is 108 Å². The van der Waals surface area contributed by atoms with Crippen molar-refractivity contribution in [1.82, 2.24) is 29.9 Å². The quantitative estimate of drug-likeness (QED) is 0.134. The van der Waals surface area contributed by atoms with Crippen molar-refractivity contribution in [1.29, 1.82) is 0 Å². The molecule has 102 heavy (non-hydrogen) atoms. The summed E-state index contributed by atoms with van der Waals surface area (Å²) in [5.74, 6) is 5.74. The summed E-state index contributed by atoms with van der Waals surface area (Å²) in [4.78, 5) is 28.5. The summed E-state index contributed by atoms with van der Waals surface area (Å²) in [6, 6.07) is 69.7. The lowest BCUT2D eigenvalue weighted by Crippen LogP contribution is -2.32. The van der Waals surface area contributed by atoms with E-state index in [1.54, 1.807) is 0 Å². The van der Waals surface area contributed by atoms with Crippen molar-refractivity contribution >= 4 is 54.6 Å². The van der Waals surface area contributed by atoms with Crippen LogP contribution in [0.25, 0.3) is 111 Å². The molecule has 0 aliphatic carbocycles. The molecular weight excluding hydrogens is 1250 g/mol. The number of aryl methyl sites for hydroxylation is 11. The molecule has 6 aromatic heterocycles. The summed E-state index contributed by atoms with van der Waals surface area (Å²) in [5.41, 5.74) is 26.2. The summed E-state index contributed by atoms with van der Waals surface area (Å²) < 4.78 is 10.5. The van der Waals surface area contributed by atoms with E-state index in [1.165, 1.54) is 99.6 Å². The largest absolute Gasteiger partial charge is 0.331 e. The lowest BCUT2D eigenvalue weighted by atomic mass is 9.97. The van der Waals surface area contributed by atoms with Gasteiger partial charge in [-0.15, -0.1) is 0 Å². The highest BCUT2D eigenvalue weighted by molar-refractivity contribution is 5.88. The topological polar surface area (TPSA) is 96.7 Å². The van der Waals surface area contributed by atoms with Crippen LogP contribution in [0, 0.1) is 54.4 Å². The van der Waals surface area contributed by atoms with Crippen LogP contribution >= 0.6 is 0 Å². The third kappa shape index (κ3) is 16.5. The Morgan fingerprint density at radius 3 is 1.31 bits per heavy atom. The SMILES string of the molecule is Cc1cc(C)c(C)c(-c2c3ncccc3nc[n+]2C)c1.Cc1ccccc1-c1nc2cc(C(C)C)ccc2c[n+]1C.Cc1ccccc1-c1nc2cc(CC(C)C)ccc2c[n+]1C.Cc1ccccc1-c1nc2cccc(C(C)C)c2c[n+]1C.Cc1ccccc1-c1nc2ccccc2c[n+]1C. The van der Waals surface area contributed by atoms with Crippen LogP contribution < -0.4 is 22.8 Å². The first-order chi connectivity index (χ1) is 49.0.